The van der Waals surface area contributed by atoms with Crippen molar-refractivity contribution >= 4 is 23.0 Å². The van der Waals surface area contributed by atoms with Crippen molar-refractivity contribution in [2.45, 2.75) is 19.8 Å². The molecule has 1 N–H and O–H groups in total. The zero-order chi connectivity index (χ0) is 21.1. The second-order valence-electron chi connectivity index (χ2n) is 7.25. The van der Waals surface area contributed by atoms with Crippen molar-refractivity contribution in [2.24, 2.45) is 5.92 Å². The third kappa shape index (κ3) is 4.00. The van der Waals surface area contributed by atoms with E-state index in [-0.39, 0.29) is 22.4 Å². The van der Waals surface area contributed by atoms with Crippen LogP contribution in [0.15, 0.2) is 55.0 Å². The van der Waals surface area contributed by atoms with E-state index in [2.05, 4.69) is 15.3 Å². The summed E-state index contributed by atoms with van der Waals surface area (Å²) in [5.41, 5.74) is 1.35. The summed E-state index contributed by atoms with van der Waals surface area (Å²) in [6.45, 7) is 3.09. The highest BCUT2D eigenvalue weighted by atomic mass is 16.6. The Morgan fingerprint density at radius 1 is 1.17 bits per heavy atom. The highest BCUT2D eigenvalue weighted by Gasteiger charge is 2.28. The first-order valence-electron chi connectivity index (χ1n) is 9.78. The molecule has 9 nitrogen and oxygen atoms in total. The number of imidazole rings is 1. The van der Waals surface area contributed by atoms with Crippen LogP contribution < -0.4 is 10.2 Å². The van der Waals surface area contributed by atoms with E-state index >= 15 is 0 Å². The Morgan fingerprint density at radius 2 is 1.93 bits per heavy atom. The average Bonchev–Trinajstić information content (AvgIpc) is 3.20. The number of pyridine rings is 1. The molecule has 9 heteroatoms. The van der Waals surface area contributed by atoms with Crippen molar-refractivity contribution in [2.75, 3.05) is 23.3 Å². The lowest BCUT2D eigenvalue weighted by Gasteiger charge is -2.32. The third-order valence-electron chi connectivity index (χ3n) is 5.37. The van der Waals surface area contributed by atoms with Gasteiger partial charge in [-0.15, -0.1) is 0 Å². The maximum Gasteiger partial charge on any atom is 0.292 e. The topological polar surface area (TPSA) is 106 Å². The quantitative estimate of drug-likeness (QED) is 0.514. The van der Waals surface area contributed by atoms with E-state index in [1.165, 1.54) is 6.07 Å². The summed E-state index contributed by atoms with van der Waals surface area (Å²) in [6.07, 6.45) is 6.45. The molecule has 0 saturated carbocycles. The van der Waals surface area contributed by atoms with Crippen molar-refractivity contribution in [3.8, 4) is 5.82 Å². The van der Waals surface area contributed by atoms with E-state index in [0.717, 1.165) is 11.6 Å². The summed E-state index contributed by atoms with van der Waals surface area (Å²) in [7, 11) is 0. The monoisotopic (exact) mass is 406 g/mol. The number of nitrogens with zero attached hydrogens (tertiary/aromatic N) is 5. The van der Waals surface area contributed by atoms with Gasteiger partial charge in [0.05, 0.1) is 16.8 Å². The van der Waals surface area contributed by atoms with Gasteiger partial charge >= 0.3 is 0 Å². The number of nitro benzene ring substituents is 1. The van der Waals surface area contributed by atoms with Crippen molar-refractivity contribution < 1.29 is 9.72 Å². The molecular formula is C21H22N6O3. The van der Waals surface area contributed by atoms with Gasteiger partial charge in [-0.25, -0.2) is 9.97 Å². The van der Waals surface area contributed by atoms with Crippen LogP contribution in [-0.2, 0) is 4.79 Å². The molecular weight excluding hydrogens is 384 g/mol. The van der Waals surface area contributed by atoms with E-state index in [0.29, 0.717) is 37.3 Å². The number of carbonyl (C=O) groups excluding carboxylic acids is 1. The molecule has 1 aliphatic rings. The molecule has 0 aliphatic carbocycles. The Morgan fingerprint density at radius 3 is 2.57 bits per heavy atom. The van der Waals surface area contributed by atoms with Gasteiger partial charge in [0.1, 0.15) is 17.3 Å². The van der Waals surface area contributed by atoms with Crippen LogP contribution in [0.4, 0.5) is 17.1 Å². The summed E-state index contributed by atoms with van der Waals surface area (Å²) in [4.78, 5) is 34.1. The summed E-state index contributed by atoms with van der Waals surface area (Å²) in [5.74, 6) is 1.38. The van der Waals surface area contributed by atoms with E-state index in [4.69, 9.17) is 0 Å². The molecule has 0 bridgehead atoms. The van der Waals surface area contributed by atoms with Gasteiger partial charge in [0.25, 0.3) is 5.69 Å². The number of hydrogen-bond acceptors (Lipinski definition) is 6. The average molecular weight is 406 g/mol. The van der Waals surface area contributed by atoms with Gasteiger partial charge in [-0.1, -0.05) is 12.1 Å². The molecule has 1 aliphatic heterocycles. The summed E-state index contributed by atoms with van der Waals surface area (Å²) in [5, 5.41) is 14.2. The van der Waals surface area contributed by atoms with Gasteiger partial charge < -0.3 is 10.2 Å². The number of nitro groups is 1. The molecule has 1 amide bonds. The Hall–Kier alpha value is -3.75. The first-order valence-corrected chi connectivity index (χ1v) is 9.78. The number of hydrogen-bond donors (Lipinski definition) is 1. The van der Waals surface area contributed by atoms with Gasteiger partial charge in [-0.2, -0.15) is 0 Å². The number of aryl methyl sites for hydroxylation is 1. The van der Waals surface area contributed by atoms with Crippen LogP contribution in [0.2, 0.25) is 0 Å². The number of carbonyl (C=O) groups is 1. The van der Waals surface area contributed by atoms with Crippen molar-refractivity contribution in [1.29, 1.82) is 0 Å². The first kappa shape index (κ1) is 19.6. The summed E-state index contributed by atoms with van der Waals surface area (Å²) < 4.78 is 1.87. The number of para-hydroxylation sites is 2. The molecule has 154 valence electrons. The summed E-state index contributed by atoms with van der Waals surface area (Å²) >= 11 is 0. The maximum atomic E-state index is 12.7. The smallest absolute Gasteiger partial charge is 0.292 e. The van der Waals surface area contributed by atoms with Crippen LogP contribution in [0.5, 0.6) is 0 Å². The number of benzene rings is 1. The van der Waals surface area contributed by atoms with Crippen LogP contribution in [0.1, 0.15) is 18.7 Å². The molecule has 0 spiro atoms. The van der Waals surface area contributed by atoms with Gasteiger partial charge in [-0.3, -0.25) is 19.5 Å². The molecule has 3 heterocycles. The normalized spacial score (nSPS) is 14.5. The molecule has 30 heavy (non-hydrogen) atoms. The van der Waals surface area contributed by atoms with E-state index in [1.54, 1.807) is 30.6 Å². The standard InChI is InChI=1S/C21H22N6O3/c1-15-22-10-13-26(15)20-7-6-17(14-23-20)24-21(28)16-8-11-25(12-9-16)18-4-2-3-5-19(18)27(29)30/h2-7,10,13-14,16H,8-9,11-12H2,1H3,(H,24,28). The Kier molecular flexibility index (Phi) is 5.42. The maximum absolute atomic E-state index is 12.7. The molecule has 0 unspecified atom stereocenters. The third-order valence-corrected chi connectivity index (χ3v) is 5.37. The lowest BCUT2D eigenvalue weighted by molar-refractivity contribution is -0.384. The van der Waals surface area contributed by atoms with Crippen molar-refractivity contribution in [1.82, 2.24) is 14.5 Å². The molecule has 3 aromatic rings. The first-order chi connectivity index (χ1) is 14.5. The minimum Gasteiger partial charge on any atom is -0.366 e. The minimum absolute atomic E-state index is 0.0504. The van der Waals surface area contributed by atoms with Gasteiger partial charge in [0.2, 0.25) is 5.91 Å². The fourth-order valence-electron chi connectivity index (χ4n) is 3.74. The van der Waals surface area contributed by atoms with Crippen LogP contribution in [0.25, 0.3) is 5.82 Å². The lowest BCUT2D eigenvalue weighted by atomic mass is 9.95. The number of piperidine rings is 1. The molecule has 1 aromatic carbocycles. The Labute approximate surface area is 173 Å². The Balaban J connectivity index is 1.36. The van der Waals surface area contributed by atoms with Gasteiger partial charge in [0, 0.05) is 37.5 Å². The molecule has 0 atom stereocenters. The zero-order valence-corrected chi connectivity index (χ0v) is 16.6. The number of aromatic nitrogens is 3. The molecule has 2 aromatic heterocycles. The SMILES string of the molecule is Cc1nccn1-c1ccc(NC(=O)C2CCN(c3ccccc3[N+](=O)[O-])CC2)cn1. The largest absolute Gasteiger partial charge is 0.366 e. The van der Waals surface area contributed by atoms with Gasteiger partial charge in [-0.05, 0) is 38.0 Å². The predicted molar refractivity (Wildman–Crippen MR) is 113 cm³/mol. The number of rotatable bonds is 5. The van der Waals surface area contributed by atoms with Gasteiger partial charge in [0.15, 0.2) is 0 Å². The highest BCUT2D eigenvalue weighted by molar-refractivity contribution is 5.92. The second kappa shape index (κ2) is 8.32. The van der Waals surface area contributed by atoms with Crippen LogP contribution in [-0.4, -0.2) is 38.5 Å². The molecule has 4 rings (SSSR count). The fraction of sp³-hybridized carbons (Fsp3) is 0.286. The van der Waals surface area contributed by atoms with E-state index < -0.39 is 0 Å². The molecule has 0 radical (unpaired) electrons. The number of amides is 1. The number of anilines is 2. The van der Waals surface area contributed by atoms with Crippen molar-refractivity contribution in [3.63, 3.8) is 0 Å². The van der Waals surface area contributed by atoms with E-state index in [9.17, 15) is 14.9 Å². The molecule has 1 saturated heterocycles. The van der Waals surface area contributed by atoms with Crippen LogP contribution in [0, 0.1) is 23.0 Å². The van der Waals surface area contributed by atoms with Crippen molar-refractivity contribution in [3.05, 3.63) is 70.9 Å². The highest BCUT2D eigenvalue weighted by Crippen LogP contribution is 2.31. The number of nitrogens with one attached hydrogen (secondary N) is 1. The Bertz CT molecular complexity index is 1050. The van der Waals surface area contributed by atoms with Crippen LogP contribution >= 0.6 is 0 Å². The second-order valence-corrected chi connectivity index (χ2v) is 7.25. The van der Waals surface area contributed by atoms with E-state index in [1.807, 2.05) is 34.7 Å². The minimum atomic E-state index is -0.365. The lowest BCUT2D eigenvalue weighted by Crippen LogP contribution is -2.38. The summed E-state index contributed by atoms with van der Waals surface area (Å²) in [6, 6.07) is 10.4. The molecule has 1 fully saturated rings. The fourth-order valence-corrected chi connectivity index (χ4v) is 3.74. The predicted octanol–water partition coefficient (Wildman–Crippen LogP) is 3.34. The van der Waals surface area contributed by atoms with Crippen LogP contribution in [0.3, 0.4) is 0 Å². The zero-order valence-electron chi connectivity index (χ0n) is 16.6.